The van der Waals surface area contributed by atoms with Crippen LogP contribution < -0.4 is 25.3 Å². The molecule has 0 fully saturated rings. The Bertz CT molecular complexity index is 1240. The van der Waals surface area contributed by atoms with Gasteiger partial charge in [0.2, 0.25) is 0 Å². The van der Waals surface area contributed by atoms with Crippen LogP contribution in [0, 0.1) is 0 Å². The summed E-state index contributed by atoms with van der Waals surface area (Å²) in [7, 11) is 4.77. The molecule has 0 spiro atoms. The van der Waals surface area contributed by atoms with Gasteiger partial charge in [0.1, 0.15) is 11.6 Å². The number of carbonyl (C=O) groups is 1. The van der Waals surface area contributed by atoms with E-state index in [9.17, 15) is 4.79 Å². The van der Waals surface area contributed by atoms with E-state index in [1.165, 1.54) is 11.3 Å². The number of nitrogens with two attached hydrogens (primary N) is 1. The lowest BCUT2D eigenvalue weighted by molar-refractivity contribution is 0.102. The SMILES string of the molecule is COc1ccc(N)c(NC(=O)c2nc3c(s2)CN(C(C)=Nc2ccc(OC)c(OC)c2)CC3)c1. The monoisotopic (exact) mass is 481 g/mol. The molecule has 178 valence electrons. The number of benzene rings is 2. The van der Waals surface area contributed by atoms with Crippen molar-refractivity contribution in [2.45, 2.75) is 19.9 Å². The zero-order chi connectivity index (χ0) is 24.2. The molecule has 0 aliphatic carbocycles. The predicted octanol–water partition coefficient (Wildman–Crippen LogP) is 4.11. The molecule has 0 unspecified atom stereocenters. The molecule has 9 nitrogen and oxygen atoms in total. The van der Waals surface area contributed by atoms with Crippen LogP contribution in [0.3, 0.4) is 0 Å². The van der Waals surface area contributed by atoms with Gasteiger partial charge in [-0.1, -0.05) is 0 Å². The van der Waals surface area contributed by atoms with Crippen LogP contribution in [0.15, 0.2) is 41.4 Å². The van der Waals surface area contributed by atoms with E-state index >= 15 is 0 Å². The van der Waals surface area contributed by atoms with Crippen molar-refractivity contribution in [3.63, 3.8) is 0 Å². The van der Waals surface area contributed by atoms with Crippen molar-refractivity contribution in [3.05, 3.63) is 52.0 Å². The maximum Gasteiger partial charge on any atom is 0.284 e. The van der Waals surface area contributed by atoms with Gasteiger partial charge in [-0.05, 0) is 31.2 Å². The molecule has 0 saturated heterocycles. The van der Waals surface area contributed by atoms with Crippen molar-refractivity contribution >= 4 is 40.1 Å². The van der Waals surface area contributed by atoms with Crippen molar-refractivity contribution in [2.75, 3.05) is 38.9 Å². The minimum atomic E-state index is -0.290. The van der Waals surface area contributed by atoms with Gasteiger partial charge in [0.25, 0.3) is 5.91 Å². The number of fused-ring (bicyclic) bond motifs is 1. The average molecular weight is 482 g/mol. The molecule has 34 heavy (non-hydrogen) atoms. The summed E-state index contributed by atoms with van der Waals surface area (Å²) in [5.74, 6) is 2.49. The number of amidine groups is 1. The summed E-state index contributed by atoms with van der Waals surface area (Å²) < 4.78 is 15.9. The van der Waals surface area contributed by atoms with Crippen LogP contribution in [-0.2, 0) is 13.0 Å². The number of nitrogens with one attached hydrogen (secondary N) is 1. The van der Waals surface area contributed by atoms with Crippen molar-refractivity contribution < 1.29 is 19.0 Å². The van der Waals surface area contributed by atoms with Crippen LogP contribution in [0.25, 0.3) is 0 Å². The van der Waals surface area contributed by atoms with Gasteiger partial charge in [-0.2, -0.15) is 0 Å². The van der Waals surface area contributed by atoms with Gasteiger partial charge in [-0.15, -0.1) is 11.3 Å². The van der Waals surface area contributed by atoms with Crippen molar-refractivity contribution in [2.24, 2.45) is 4.99 Å². The van der Waals surface area contributed by atoms with Gasteiger partial charge >= 0.3 is 0 Å². The molecular formula is C24H27N5O4S. The number of nitrogens with zero attached hydrogens (tertiary/aromatic N) is 3. The van der Waals surface area contributed by atoms with E-state index in [1.807, 2.05) is 25.1 Å². The molecule has 0 atom stereocenters. The second-order valence-electron chi connectivity index (χ2n) is 7.67. The second kappa shape index (κ2) is 10.0. The first-order valence-electron chi connectivity index (χ1n) is 10.7. The van der Waals surface area contributed by atoms with Crippen LogP contribution in [0.2, 0.25) is 0 Å². The number of thiazole rings is 1. The van der Waals surface area contributed by atoms with Gasteiger partial charge < -0.3 is 30.2 Å². The molecule has 0 radical (unpaired) electrons. The zero-order valence-corrected chi connectivity index (χ0v) is 20.4. The minimum Gasteiger partial charge on any atom is -0.497 e. The van der Waals surface area contributed by atoms with Crippen molar-refractivity contribution in [1.82, 2.24) is 9.88 Å². The lowest BCUT2D eigenvalue weighted by Gasteiger charge is -2.27. The summed E-state index contributed by atoms with van der Waals surface area (Å²) >= 11 is 1.39. The third-order valence-corrected chi connectivity index (χ3v) is 6.63. The fraction of sp³-hybridized carbons (Fsp3) is 0.292. The van der Waals surface area contributed by atoms with E-state index in [4.69, 9.17) is 24.9 Å². The molecule has 1 aliphatic rings. The van der Waals surface area contributed by atoms with Gasteiger partial charge in [-0.25, -0.2) is 9.98 Å². The predicted molar refractivity (Wildman–Crippen MR) is 134 cm³/mol. The summed E-state index contributed by atoms with van der Waals surface area (Å²) in [6, 6.07) is 10.7. The first-order chi connectivity index (χ1) is 16.4. The third kappa shape index (κ3) is 4.91. The Morgan fingerprint density at radius 3 is 2.65 bits per heavy atom. The number of nitrogen functional groups attached to an aromatic ring is 1. The van der Waals surface area contributed by atoms with Gasteiger partial charge in [0.15, 0.2) is 16.5 Å². The number of ether oxygens (including phenoxy) is 3. The standard InChI is InChI=1S/C24H27N5O4S/c1-14(26-15-5-8-20(32-3)21(11-15)33-4)29-10-9-18-22(13-29)34-24(28-18)23(30)27-19-12-16(31-2)6-7-17(19)25/h5-8,11-12H,9-10,13,25H2,1-4H3,(H,27,30). The first-order valence-corrected chi connectivity index (χ1v) is 11.5. The highest BCUT2D eigenvalue weighted by atomic mass is 32.1. The number of amides is 1. The summed E-state index contributed by atoms with van der Waals surface area (Å²) in [5.41, 5.74) is 8.68. The quantitative estimate of drug-likeness (QED) is 0.310. The van der Waals surface area contributed by atoms with E-state index in [0.717, 1.165) is 35.1 Å². The first kappa shape index (κ1) is 23.4. The molecule has 4 rings (SSSR count). The molecule has 2 aromatic carbocycles. The Kier molecular flexibility index (Phi) is 6.87. The van der Waals surface area contributed by atoms with Crippen LogP contribution in [0.5, 0.6) is 17.2 Å². The largest absolute Gasteiger partial charge is 0.497 e. The fourth-order valence-corrected chi connectivity index (χ4v) is 4.69. The second-order valence-corrected chi connectivity index (χ2v) is 8.75. The maximum absolute atomic E-state index is 12.8. The smallest absolute Gasteiger partial charge is 0.284 e. The van der Waals surface area contributed by atoms with Gasteiger partial charge in [0.05, 0.1) is 50.6 Å². The average Bonchev–Trinajstić information content (AvgIpc) is 3.29. The number of hydrogen-bond donors (Lipinski definition) is 2. The highest BCUT2D eigenvalue weighted by Crippen LogP contribution is 2.32. The number of hydrogen-bond acceptors (Lipinski definition) is 8. The Morgan fingerprint density at radius 2 is 1.91 bits per heavy atom. The summed E-state index contributed by atoms with van der Waals surface area (Å²) in [4.78, 5) is 25.4. The highest BCUT2D eigenvalue weighted by molar-refractivity contribution is 7.13. The van der Waals surface area contributed by atoms with Gasteiger partial charge in [-0.3, -0.25) is 4.79 Å². The fourth-order valence-electron chi connectivity index (χ4n) is 3.67. The molecule has 1 amide bonds. The Labute approximate surface area is 202 Å². The maximum atomic E-state index is 12.8. The van der Waals surface area contributed by atoms with E-state index in [0.29, 0.717) is 40.2 Å². The molecular weight excluding hydrogens is 454 g/mol. The number of carbonyl (C=O) groups excluding carboxylic acids is 1. The van der Waals surface area contributed by atoms with Crippen LogP contribution >= 0.6 is 11.3 Å². The number of methoxy groups -OCH3 is 3. The minimum absolute atomic E-state index is 0.290. The molecule has 3 N–H and O–H groups in total. The Hall–Kier alpha value is -3.79. The summed E-state index contributed by atoms with van der Waals surface area (Å²) in [5, 5.41) is 3.25. The number of aromatic nitrogens is 1. The highest BCUT2D eigenvalue weighted by Gasteiger charge is 2.24. The van der Waals surface area contributed by atoms with Gasteiger partial charge in [0, 0.05) is 30.0 Å². The van der Waals surface area contributed by atoms with E-state index in [2.05, 4.69) is 15.2 Å². The number of anilines is 2. The molecule has 3 aromatic rings. The number of rotatable bonds is 6. The molecule has 0 bridgehead atoms. The molecule has 1 aliphatic heterocycles. The van der Waals surface area contributed by atoms with Crippen molar-refractivity contribution in [1.29, 1.82) is 0 Å². The van der Waals surface area contributed by atoms with E-state index in [-0.39, 0.29) is 5.91 Å². The van der Waals surface area contributed by atoms with E-state index < -0.39 is 0 Å². The summed E-state index contributed by atoms with van der Waals surface area (Å²) in [6.07, 6.45) is 0.735. The lowest BCUT2D eigenvalue weighted by atomic mass is 10.2. The van der Waals surface area contributed by atoms with Crippen molar-refractivity contribution in [3.8, 4) is 17.2 Å². The molecule has 2 heterocycles. The molecule has 1 aromatic heterocycles. The number of aliphatic imine (C=N–C) groups is 1. The third-order valence-electron chi connectivity index (χ3n) is 5.55. The zero-order valence-electron chi connectivity index (χ0n) is 19.5. The molecule has 0 saturated carbocycles. The van der Waals surface area contributed by atoms with Crippen LogP contribution in [0.4, 0.5) is 17.1 Å². The van der Waals surface area contributed by atoms with E-state index in [1.54, 1.807) is 39.5 Å². The Balaban J connectivity index is 1.48. The normalized spacial score (nSPS) is 13.3. The molecule has 10 heteroatoms. The Morgan fingerprint density at radius 1 is 1.12 bits per heavy atom. The van der Waals surface area contributed by atoms with Crippen LogP contribution in [-0.4, -0.2) is 49.5 Å². The van der Waals surface area contributed by atoms with Crippen LogP contribution in [0.1, 0.15) is 27.3 Å². The summed E-state index contributed by atoms with van der Waals surface area (Å²) in [6.45, 7) is 3.38. The topological polar surface area (TPSA) is 111 Å². The lowest BCUT2D eigenvalue weighted by Crippen LogP contribution is -2.33.